The van der Waals surface area contributed by atoms with Crippen LogP contribution < -0.4 is 10.6 Å². The smallest absolute Gasteiger partial charge is 0.196 e. The standard InChI is InChI=1S/C12H12BrN5/c1-7-6-16-9-3-2-8(10(13)11(9)17-7)18-12-14-4-5-15-12/h2-3,6H,4-5H2,1H3,(H2,14,15,18). The number of nitrogens with zero attached hydrogens (tertiary/aromatic N) is 3. The lowest BCUT2D eigenvalue weighted by molar-refractivity contribution is 0.942. The number of rotatable bonds is 1. The van der Waals surface area contributed by atoms with Crippen LogP contribution in [0.2, 0.25) is 0 Å². The van der Waals surface area contributed by atoms with E-state index in [0.29, 0.717) is 0 Å². The van der Waals surface area contributed by atoms with Gasteiger partial charge in [-0.2, -0.15) is 0 Å². The first-order chi connectivity index (χ1) is 8.74. The quantitative estimate of drug-likeness (QED) is 0.844. The summed E-state index contributed by atoms with van der Waals surface area (Å²) in [5.41, 5.74) is 3.45. The lowest BCUT2D eigenvalue weighted by atomic mass is 10.2. The van der Waals surface area contributed by atoms with Crippen LogP contribution in [0, 0.1) is 6.92 Å². The predicted octanol–water partition coefficient (Wildman–Crippen LogP) is 1.88. The van der Waals surface area contributed by atoms with E-state index in [1.54, 1.807) is 6.20 Å². The van der Waals surface area contributed by atoms with E-state index in [1.165, 1.54) is 0 Å². The average molecular weight is 306 g/mol. The van der Waals surface area contributed by atoms with Gasteiger partial charge >= 0.3 is 0 Å². The van der Waals surface area contributed by atoms with Gasteiger partial charge in [-0.3, -0.25) is 4.98 Å². The number of fused-ring (bicyclic) bond motifs is 1. The van der Waals surface area contributed by atoms with Crippen molar-refractivity contribution >= 4 is 38.6 Å². The number of guanidine groups is 1. The molecule has 0 amide bonds. The Morgan fingerprint density at radius 1 is 1.28 bits per heavy atom. The first kappa shape index (κ1) is 11.4. The van der Waals surface area contributed by atoms with Crippen LogP contribution in [0.5, 0.6) is 0 Å². The van der Waals surface area contributed by atoms with Gasteiger partial charge in [-0.05, 0) is 35.0 Å². The third-order valence-corrected chi connectivity index (χ3v) is 3.48. The van der Waals surface area contributed by atoms with Crippen LogP contribution in [0.1, 0.15) is 5.69 Å². The van der Waals surface area contributed by atoms with Gasteiger partial charge in [0, 0.05) is 19.3 Å². The van der Waals surface area contributed by atoms with E-state index >= 15 is 0 Å². The maximum absolute atomic E-state index is 4.52. The summed E-state index contributed by atoms with van der Waals surface area (Å²) >= 11 is 3.56. The monoisotopic (exact) mass is 305 g/mol. The number of halogens is 1. The molecule has 0 bridgehead atoms. The fourth-order valence-corrected chi connectivity index (χ4v) is 2.35. The Bertz CT molecular complexity index is 630. The predicted molar refractivity (Wildman–Crippen MR) is 75.1 cm³/mol. The highest BCUT2D eigenvalue weighted by atomic mass is 79.9. The topological polar surface area (TPSA) is 62.2 Å². The fourth-order valence-electron chi connectivity index (χ4n) is 1.83. The molecule has 1 saturated heterocycles. The second-order valence-corrected chi connectivity index (χ2v) is 4.88. The molecule has 0 unspecified atom stereocenters. The van der Waals surface area contributed by atoms with Gasteiger partial charge in [0.2, 0.25) is 0 Å². The molecular weight excluding hydrogens is 294 g/mol. The number of hydrogen-bond acceptors (Lipinski definition) is 3. The van der Waals surface area contributed by atoms with E-state index in [9.17, 15) is 0 Å². The van der Waals surface area contributed by atoms with Crippen LogP contribution in [0.3, 0.4) is 0 Å². The van der Waals surface area contributed by atoms with E-state index in [-0.39, 0.29) is 0 Å². The van der Waals surface area contributed by atoms with E-state index < -0.39 is 0 Å². The molecule has 2 N–H and O–H groups in total. The van der Waals surface area contributed by atoms with Gasteiger partial charge in [0.25, 0.3) is 0 Å². The molecule has 18 heavy (non-hydrogen) atoms. The Kier molecular flexibility index (Phi) is 2.87. The minimum atomic E-state index is 0.802. The van der Waals surface area contributed by atoms with Crippen LogP contribution in [-0.4, -0.2) is 29.0 Å². The summed E-state index contributed by atoms with van der Waals surface area (Å²) in [6.45, 7) is 3.74. The number of benzene rings is 1. The zero-order chi connectivity index (χ0) is 12.5. The van der Waals surface area contributed by atoms with E-state index in [4.69, 9.17) is 0 Å². The molecule has 1 aliphatic rings. The number of hydrogen-bond donors (Lipinski definition) is 2. The van der Waals surface area contributed by atoms with Crippen molar-refractivity contribution in [2.24, 2.45) is 4.99 Å². The largest absolute Gasteiger partial charge is 0.354 e. The van der Waals surface area contributed by atoms with Gasteiger partial charge in [0.15, 0.2) is 5.96 Å². The highest BCUT2D eigenvalue weighted by molar-refractivity contribution is 9.10. The summed E-state index contributed by atoms with van der Waals surface area (Å²) in [7, 11) is 0. The van der Waals surface area contributed by atoms with Crippen molar-refractivity contribution in [2.45, 2.75) is 6.92 Å². The van der Waals surface area contributed by atoms with Crippen LogP contribution >= 0.6 is 15.9 Å². The van der Waals surface area contributed by atoms with Gasteiger partial charge in [-0.15, -0.1) is 0 Å². The summed E-state index contributed by atoms with van der Waals surface area (Å²) in [6, 6.07) is 3.87. The normalized spacial score (nSPS) is 14.4. The lowest BCUT2D eigenvalue weighted by Gasteiger charge is -2.05. The van der Waals surface area contributed by atoms with Crippen molar-refractivity contribution in [3.05, 3.63) is 28.5 Å². The third kappa shape index (κ3) is 2.03. The minimum absolute atomic E-state index is 0.802. The fraction of sp³-hybridized carbons (Fsp3) is 0.250. The van der Waals surface area contributed by atoms with E-state index in [1.807, 2.05) is 19.1 Å². The number of nitrogens with one attached hydrogen (secondary N) is 2. The molecule has 5 nitrogen and oxygen atoms in total. The summed E-state index contributed by atoms with van der Waals surface area (Å²) in [5, 5.41) is 6.35. The average Bonchev–Trinajstić information content (AvgIpc) is 2.86. The Morgan fingerprint density at radius 3 is 2.83 bits per heavy atom. The zero-order valence-corrected chi connectivity index (χ0v) is 11.5. The number of aryl methyl sites for hydroxylation is 1. The van der Waals surface area contributed by atoms with Crippen molar-refractivity contribution in [1.82, 2.24) is 20.6 Å². The molecule has 0 saturated carbocycles. The molecule has 0 aliphatic carbocycles. The SMILES string of the molecule is Cc1cnc2ccc(N=C3NCCN3)c(Br)c2n1. The van der Waals surface area contributed by atoms with Crippen LogP contribution in [0.15, 0.2) is 27.8 Å². The lowest BCUT2D eigenvalue weighted by Crippen LogP contribution is -2.23. The number of aliphatic imine (C=N–C) groups is 1. The molecule has 0 radical (unpaired) electrons. The summed E-state index contributed by atoms with van der Waals surface area (Å²) in [5.74, 6) is 0.802. The maximum Gasteiger partial charge on any atom is 0.196 e. The molecule has 0 spiro atoms. The van der Waals surface area contributed by atoms with Gasteiger partial charge < -0.3 is 10.6 Å². The first-order valence-corrected chi connectivity index (χ1v) is 6.51. The molecule has 1 fully saturated rings. The Labute approximate surface area is 113 Å². The second kappa shape index (κ2) is 4.53. The van der Waals surface area contributed by atoms with Gasteiger partial charge in [-0.1, -0.05) is 0 Å². The van der Waals surface area contributed by atoms with Crippen molar-refractivity contribution in [3.63, 3.8) is 0 Å². The third-order valence-electron chi connectivity index (χ3n) is 2.70. The molecule has 1 aromatic heterocycles. The molecule has 1 aromatic carbocycles. The minimum Gasteiger partial charge on any atom is -0.354 e. The molecule has 1 aliphatic heterocycles. The van der Waals surface area contributed by atoms with Crippen molar-refractivity contribution < 1.29 is 0 Å². The zero-order valence-electron chi connectivity index (χ0n) is 9.87. The molecular formula is C12H12BrN5. The second-order valence-electron chi connectivity index (χ2n) is 4.09. The molecule has 3 rings (SSSR count). The van der Waals surface area contributed by atoms with Crippen molar-refractivity contribution in [3.8, 4) is 0 Å². The molecule has 2 aromatic rings. The molecule has 92 valence electrons. The van der Waals surface area contributed by atoms with Crippen molar-refractivity contribution in [2.75, 3.05) is 13.1 Å². The van der Waals surface area contributed by atoms with Gasteiger partial charge in [0.1, 0.15) is 5.52 Å². The van der Waals surface area contributed by atoms with E-state index in [2.05, 4.69) is 41.5 Å². The van der Waals surface area contributed by atoms with E-state index in [0.717, 1.165) is 45.9 Å². The maximum atomic E-state index is 4.52. The Balaban J connectivity index is 2.13. The molecule has 2 heterocycles. The van der Waals surface area contributed by atoms with Gasteiger partial charge in [-0.25, -0.2) is 9.98 Å². The molecule has 0 atom stereocenters. The van der Waals surface area contributed by atoms with Crippen LogP contribution in [-0.2, 0) is 0 Å². The highest BCUT2D eigenvalue weighted by Gasteiger charge is 2.10. The van der Waals surface area contributed by atoms with Crippen LogP contribution in [0.25, 0.3) is 11.0 Å². The van der Waals surface area contributed by atoms with Crippen molar-refractivity contribution in [1.29, 1.82) is 0 Å². The van der Waals surface area contributed by atoms with Gasteiger partial charge in [0.05, 0.1) is 21.4 Å². The Hall–Kier alpha value is -1.69. The first-order valence-electron chi connectivity index (χ1n) is 5.72. The number of aromatic nitrogens is 2. The highest BCUT2D eigenvalue weighted by Crippen LogP contribution is 2.31. The molecule has 6 heteroatoms. The summed E-state index contributed by atoms with van der Waals surface area (Å²) < 4.78 is 0.874. The van der Waals surface area contributed by atoms with Crippen LogP contribution in [0.4, 0.5) is 5.69 Å². The summed E-state index contributed by atoms with van der Waals surface area (Å²) in [6.07, 6.45) is 1.76. The Morgan fingerprint density at radius 2 is 2.06 bits per heavy atom. The summed E-state index contributed by atoms with van der Waals surface area (Å²) in [4.78, 5) is 13.4.